The van der Waals surface area contributed by atoms with E-state index in [1.165, 1.54) is 4.90 Å². The number of rotatable bonds is 3. The third-order valence-electron chi connectivity index (χ3n) is 2.84. The number of morpholine rings is 1. The van der Waals surface area contributed by atoms with Crippen LogP contribution >= 0.6 is 0 Å². The maximum Gasteiger partial charge on any atom is 0.341 e. The van der Waals surface area contributed by atoms with Crippen LogP contribution in [-0.2, 0) is 4.74 Å². The molecular weight excluding hydrogens is 259 g/mol. The number of ether oxygens (including phenoxy) is 1. The third-order valence-corrected chi connectivity index (χ3v) is 2.84. The van der Waals surface area contributed by atoms with Crippen molar-refractivity contribution in [1.82, 2.24) is 0 Å². The monoisotopic (exact) mass is 270 g/mol. The highest BCUT2D eigenvalue weighted by atomic mass is 19.1. The SMILES string of the molecule is O=C(O)c1c(F)ccc([N+](=O)[O-])c1N1CCOCC1. The van der Waals surface area contributed by atoms with Crippen molar-refractivity contribution in [1.29, 1.82) is 0 Å². The smallest absolute Gasteiger partial charge is 0.341 e. The molecule has 102 valence electrons. The first-order valence-electron chi connectivity index (χ1n) is 5.55. The highest BCUT2D eigenvalue weighted by Crippen LogP contribution is 2.34. The molecule has 1 fully saturated rings. The molecule has 0 spiro atoms. The summed E-state index contributed by atoms with van der Waals surface area (Å²) in [4.78, 5) is 22.9. The Morgan fingerprint density at radius 3 is 2.58 bits per heavy atom. The van der Waals surface area contributed by atoms with E-state index < -0.39 is 28.0 Å². The fourth-order valence-electron chi connectivity index (χ4n) is 2.01. The molecule has 1 heterocycles. The molecule has 1 N–H and O–H groups in total. The van der Waals surface area contributed by atoms with Crippen molar-refractivity contribution in [2.24, 2.45) is 0 Å². The first kappa shape index (κ1) is 13.2. The van der Waals surface area contributed by atoms with Gasteiger partial charge in [-0.25, -0.2) is 9.18 Å². The van der Waals surface area contributed by atoms with Gasteiger partial charge in [0.2, 0.25) is 0 Å². The summed E-state index contributed by atoms with van der Waals surface area (Å²) in [7, 11) is 0. The molecule has 0 bridgehead atoms. The van der Waals surface area contributed by atoms with Gasteiger partial charge in [-0.3, -0.25) is 10.1 Å². The zero-order chi connectivity index (χ0) is 14.0. The Balaban J connectivity index is 2.61. The number of hydrogen-bond acceptors (Lipinski definition) is 5. The molecule has 1 saturated heterocycles. The molecular formula is C11H11FN2O5. The highest BCUT2D eigenvalue weighted by Gasteiger charge is 2.30. The Hall–Kier alpha value is -2.22. The van der Waals surface area contributed by atoms with Crippen LogP contribution in [0.25, 0.3) is 0 Å². The summed E-state index contributed by atoms with van der Waals surface area (Å²) >= 11 is 0. The lowest BCUT2D eigenvalue weighted by Crippen LogP contribution is -2.37. The lowest BCUT2D eigenvalue weighted by atomic mass is 10.1. The van der Waals surface area contributed by atoms with Crippen LogP contribution in [0.3, 0.4) is 0 Å². The van der Waals surface area contributed by atoms with Gasteiger partial charge in [0.1, 0.15) is 17.1 Å². The Morgan fingerprint density at radius 1 is 1.42 bits per heavy atom. The molecule has 19 heavy (non-hydrogen) atoms. The fourth-order valence-corrected chi connectivity index (χ4v) is 2.01. The number of hydrogen-bond donors (Lipinski definition) is 1. The van der Waals surface area contributed by atoms with Gasteiger partial charge in [-0.1, -0.05) is 0 Å². The lowest BCUT2D eigenvalue weighted by molar-refractivity contribution is -0.384. The number of benzene rings is 1. The third kappa shape index (κ3) is 2.48. The number of halogens is 1. The average Bonchev–Trinajstić information content (AvgIpc) is 2.38. The van der Waals surface area contributed by atoms with Gasteiger partial charge < -0.3 is 14.7 Å². The minimum absolute atomic E-state index is 0.194. The average molecular weight is 270 g/mol. The van der Waals surface area contributed by atoms with Gasteiger partial charge >= 0.3 is 5.97 Å². The maximum absolute atomic E-state index is 13.6. The fraction of sp³-hybridized carbons (Fsp3) is 0.364. The first-order valence-corrected chi connectivity index (χ1v) is 5.55. The minimum atomic E-state index is -1.53. The van der Waals surface area contributed by atoms with E-state index in [4.69, 9.17) is 9.84 Å². The molecule has 1 aliphatic rings. The van der Waals surface area contributed by atoms with Crippen molar-refractivity contribution < 1.29 is 24.0 Å². The second-order valence-electron chi connectivity index (χ2n) is 3.95. The van der Waals surface area contributed by atoms with Crippen LogP contribution < -0.4 is 4.90 Å². The predicted molar refractivity (Wildman–Crippen MR) is 63.0 cm³/mol. The summed E-state index contributed by atoms with van der Waals surface area (Å²) in [6.45, 7) is 1.19. The van der Waals surface area contributed by atoms with Crippen LogP contribution in [0.15, 0.2) is 12.1 Å². The van der Waals surface area contributed by atoms with Crippen molar-refractivity contribution >= 4 is 17.3 Å². The molecule has 0 aliphatic carbocycles. The van der Waals surface area contributed by atoms with Crippen molar-refractivity contribution in [3.05, 3.63) is 33.6 Å². The maximum atomic E-state index is 13.6. The Morgan fingerprint density at radius 2 is 2.05 bits per heavy atom. The number of aromatic carboxylic acids is 1. The van der Waals surface area contributed by atoms with Crippen LogP contribution in [0.2, 0.25) is 0 Å². The van der Waals surface area contributed by atoms with Crippen molar-refractivity contribution in [3.8, 4) is 0 Å². The second-order valence-corrected chi connectivity index (χ2v) is 3.95. The summed E-state index contributed by atoms with van der Waals surface area (Å²) < 4.78 is 18.7. The number of carboxylic acids is 1. The van der Waals surface area contributed by atoms with E-state index >= 15 is 0 Å². The molecule has 0 radical (unpaired) electrons. The lowest BCUT2D eigenvalue weighted by Gasteiger charge is -2.29. The predicted octanol–water partition coefficient (Wildman–Crippen LogP) is 1.27. The van der Waals surface area contributed by atoms with E-state index in [2.05, 4.69) is 0 Å². The van der Waals surface area contributed by atoms with E-state index in [9.17, 15) is 19.3 Å². The summed E-state index contributed by atoms with van der Waals surface area (Å²) in [6, 6.07) is 1.78. The minimum Gasteiger partial charge on any atom is -0.478 e. The topological polar surface area (TPSA) is 92.9 Å². The normalized spacial score (nSPS) is 15.3. The summed E-state index contributed by atoms with van der Waals surface area (Å²) in [5.74, 6) is -2.51. The number of nitrogens with zero attached hydrogens (tertiary/aromatic N) is 2. The van der Waals surface area contributed by atoms with Crippen LogP contribution in [0.1, 0.15) is 10.4 Å². The zero-order valence-electron chi connectivity index (χ0n) is 9.84. The van der Waals surface area contributed by atoms with Crippen LogP contribution in [0.4, 0.5) is 15.8 Å². The molecule has 1 aliphatic heterocycles. The molecule has 1 aromatic carbocycles. The number of nitro groups is 1. The highest BCUT2D eigenvalue weighted by molar-refractivity contribution is 5.97. The molecule has 0 saturated carbocycles. The standard InChI is InChI=1S/C11H11FN2O5/c12-7-1-2-8(14(17)18)10(9(7)11(15)16)13-3-5-19-6-4-13/h1-2H,3-6H2,(H,15,16). The molecule has 7 nitrogen and oxygen atoms in total. The van der Waals surface area contributed by atoms with Crippen molar-refractivity contribution in [2.75, 3.05) is 31.2 Å². The van der Waals surface area contributed by atoms with E-state index in [-0.39, 0.29) is 18.8 Å². The van der Waals surface area contributed by atoms with Gasteiger partial charge in [-0.15, -0.1) is 0 Å². The quantitative estimate of drug-likeness (QED) is 0.656. The van der Waals surface area contributed by atoms with Gasteiger partial charge in [0, 0.05) is 19.2 Å². The zero-order valence-corrected chi connectivity index (χ0v) is 9.84. The van der Waals surface area contributed by atoms with Crippen LogP contribution in [0.5, 0.6) is 0 Å². The van der Waals surface area contributed by atoms with Crippen molar-refractivity contribution in [2.45, 2.75) is 0 Å². The van der Waals surface area contributed by atoms with Gasteiger partial charge in [-0.05, 0) is 6.07 Å². The van der Waals surface area contributed by atoms with Crippen molar-refractivity contribution in [3.63, 3.8) is 0 Å². The van der Waals surface area contributed by atoms with E-state index in [1.54, 1.807) is 0 Å². The Kier molecular flexibility index (Phi) is 3.61. The largest absolute Gasteiger partial charge is 0.478 e. The number of carbonyl (C=O) groups is 1. The van der Waals surface area contributed by atoms with Gasteiger partial charge in [0.15, 0.2) is 0 Å². The molecule has 0 aromatic heterocycles. The van der Waals surface area contributed by atoms with E-state index in [0.29, 0.717) is 13.2 Å². The van der Waals surface area contributed by atoms with E-state index in [1.807, 2.05) is 0 Å². The number of anilines is 1. The summed E-state index contributed by atoms with van der Waals surface area (Å²) in [6.07, 6.45) is 0. The van der Waals surface area contributed by atoms with Gasteiger partial charge in [-0.2, -0.15) is 0 Å². The number of nitro benzene ring substituents is 1. The summed E-state index contributed by atoms with van der Waals surface area (Å²) in [5, 5.41) is 20.0. The van der Waals surface area contributed by atoms with Crippen LogP contribution in [0, 0.1) is 15.9 Å². The van der Waals surface area contributed by atoms with Gasteiger partial charge in [0.05, 0.1) is 18.1 Å². The second kappa shape index (κ2) is 5.19. The molecule has 2 rings (SSSR count). The molecule has 0 atom stereocenters. The van der Waals surface area contributed by atoms with E-state index in [0.717, 1.165) is 12.1 Å². The van der Waals surface area contributed by atoms with Crippen LogP contribution in [-0.4, -0.2) is 42.3 Å². The summed E-state index contributed by atoms with van der Waals surface area (Å²) in [5.41, 5.74) is -1.28. The molecule has 0 amide bonds. The molecule has 8 heteroatoms. The number of carboxylic acid groups (broad SMARTS) is 1. The van der Waals surface area contributed by atoms with Gasteiger partial charge in [0.25, 0.3) is 5.69 Å². The first-order chi connectivity index (χ1) is 9.02. The Labute approximate surface area is 107 Å². The Bertz CT molecular complexity index is 528. The molecule has 1 aromatic rings. The molecule has 0 unspecified atom stereocenters.